The van der Waals surface area contributed by atoms with E-state index in [2.05, 4.69) is 24.1 Å². The normalized spacial score (nSPS) is 18.5. The lowest BCUT2D eigenvalue weighted by Crippen LogP contribution is -2.45. The zero-order chi connectivity index (χ0) is 30.5. The highest BCUT2D eigenvalue weighted by molar-refractivity contribution is 5.78. The van der Waals surface area contributed by atoms with Gasteiger partial charge in [0.1, 0.15) is 13.2 Å². The van der Waals surface area contributed by atoms with Crippen LogP contribution in [0.4, 0.5) is 0 Å². The Hall–Kier alpha value is -2.11. The van der Waals surface area contributed by atoms with Crippen LogP contribution in [0.25, 0.3) is 0 Å². The molecule has 0 radical (unpaired) electrons. The van der Waals surface area contributed by atoms with Crippen LogP contribution in [-0.2, 0) is 20.7 Å². The van der Waals surface area contributed by atoms with Gasteiger partial charge in [-0.2, -0.15) is 0 Å². The highest BCUT2D eigenvalue weighted by atomic mass is 16.6. The molecule has 1 amide bonds. The molecule has 2 aliphatic rings. The second kappa shape index (κ2) is 17.9. The van der Waals surface area contributed by atoms with E-state index in [4.69, 9.17) is 29.4 Å². The van der Waals surface area contributed by atoms with Crippen molar-refractivity contribution in [2.75, 3.05) is 72.9 Å². The molecule has 1 fully saturated rings. The third-order valence-electron chi connectivity index (χ3n) is 8.40. The lowest BCUT2D eigenvalue weighted by atomic mass is 9.80. The van der Waals surface area contributed by atoms with Crippen molar-refractivity contribution < 1.29 is 33.6 Å². The Bertz CT molecular complexity index is 939. The molecule has 42 heavy (non-hydrogen) atoms. The number of nitrogens with two attached hydrogens (primary N) is 1. The topological polar surface area (TPSA) is 125 Å². The summed E-state index contributed by atoms with van der Waals surface area (Å²) in [7, 11) is 1.68. The molecule has 4 N–H and O–H groups in total. The number of hydrogen-bond donors (Lipinski definition) is 3. The Morgan fingerprint density at radius 1 is 1.05 bits per heavy atom. The molecule has 1 aromatic carbocycles. The summed E-state index contributed by atoms with van der Waals surface area (Å²) in [6, 6.07) is 3.62. The van der Waals surface area contributed by atoms with E-state index in [0.717, 1.165) is 51.3 Å². The molecule has 0 aliphatic carbocycles. The summed E-state index contributed by atoms with van der Waals surface area (Å²) in [5.41, 5.74) is 7.69. The lowest BCUT2D eigenvalue weighted by molar-refractivity contribution is -0.127. The molecule has 3 rings (SSSR count). The maximum atomic E-state index is 13.1. The van der Waals surface area contributed by atoms with Gasteiger partial charge in [0.15, 0.2) is 11.5 Å². The number of aliphatic hydroxyl groups excluding tert-OH is 1. The summed E-state index contributed by atoms with van der Waals surface area (Å²) in [6.45, 7) is 15.2. The van der Waals surface area contributed by atoms with E-state index in [0.29, 0.717) is 69.0 Å². The van der Waals surface area contributed by atoms with Crippen LogP contribution in [-0.4, -0.2) is 101 Å². The fourth-order valence-corrected chi connectivity index (χ4v) is 5.60. The van der Waals surface area contributed by atoms with Crippen molar-refractivity contribution in [1.29, 1.82) is 0 Å². The molecule has 2 aliphatic heterocycles. The van der Waals surface area contributed by atoms with E-state index in [1.54, 1.807) is 7.11 Å². The van der Waals surface area contributed by atoms with Gasteiger partial charge < -0.3 is 39.8 Å². The number of morpholine rings is 1. The number of fused-ring (bicyclic) bond motifs is 1. The molecular formula is C32H55N3O7. The van der Waals surface area contributed by atoms with Crippen LogP contribution in [0.1, 0.15) is 52.5 Å². The smallest absolute Gasteiger partial charge is 0.223 e. The van der Waals surface area contributed by atoms with Gasteiger partial charge in [0, 0.05) is 58.3 Å². The summed E-state index contributed by atoms with van der Waals surface area (Å²) in [5.74, 6) is 2.37. The van der Waals surface area contributed by atoms with Gasteiger partial charge in [0.05, 0.1) is 25.9 Å². The van der Waals surface area contributed by atoms with Crippen LogP contribution in [0.15, 0.2) is 12.1 Å². The van der Waals surface area contributed by atoms with Crippen LogP contribution in [0.5, 0.6) is 17.2 Å². The maximum absolute atomic E-state index is 13.1. The monoisotopic (exact) mass is 593 g/mol. The fourth-order valence-electron chi connectivity index (χ4n) is 5.60. The average molecular weight is 594 g/mol. The molecule has 0 bridgehead atoms. The van der Waals surface area contributed by atoms with Crippen molar-refractivity contribution in [2.24, 2.45) is 29.4 Å². The molecule has 0 unspecified atom stereocenters. The number of benzene rings is 1. The Balaban J connectivity index is 1.58. The molecular weight excluding hydrogens is 538 g/mol. The first kappa shape index (κ1) is 34.4. The van der Waals surface area contributed by atoms with E-state index < -0.39 is 12.1 Å². The zero-order valence-corrected chi connectivity index (χ0v) is 26.4. The molecule has 2 heterocycles. The minimum Gasteiger partial charge on any atom is -0.489 e. The average Bonchev–Trinajstić information content (AvgIpc) is 2.97. The van der Waals surface area contributed by atoms with E-state index in [1.165, 1.54) is 0 Å². The molecule has 0 aromatic heterocycles. The summed E-state index contributed by atoms with van der Waals surface area (Å²) < 4.78 is 28.4. The summed E-state index contributed by atoms with van der Waals surface area (Å²) in [5, 5.41) is 14.2. The molecule has 1 aromatic rings. The predicted molar refractivity (Wildman–Crippen MR) is 163 cm³/mol. The van der Waals surface area contributed by atoms with Gasteiger partial charge in [-0.25, -0.2) is 0 Å². The van der Waals surface area contributed by atoms with Gasteiger partial charge >= 0.3 is 0 Å². The van der Waals surface area contributed by atoms with Crippen LogP contribution in [0, 0.1) is 23.7 Å². The quantitative estimate of drug-likeness (QED) is 0.220. The number of methoxy groups -OCH3 is 1. The Kier molecular flexibility index (Phi) is 14.6. The third-order valence-corrected chi connectivity index (χ3v) is 8.40. The first-order valence-corrected chi connectivity index (χ1v) is 15.7. The summed E-state index contributed by atoms with van der Waals surface area (Å²) >= 11 is 0. The highest BCUT2D eigenvalue weighted by Gasteiger charge is 2.30. The van der Waals surface area contributed by atoms with E-state index in [-0.39, 0.29) is 23.7 Å². The summed E-state index contributed by atoms with van der Waals surface area (Å²) in [6.07, 6.45) is 1.75. The number of rotatable bonds is 18. The lowest BCUT2D eigenvalue weighted by Gasteiger charge is -2.30. The van der Waals surface area contributed by atoms with Gasteiger partial charge in [-0.3, -0.25) is 9.69 Å². The fraction of sp³-hybridized carbons (Fsp3) is 0.781. The first-order chi connectivity index (χ1) is 20.2. The van der Waals surface area contributed by atoms with E-state index in [9.17, 15) is 9.90 Å². The van der Waals surface area contributed by atoms with Gasteiger partial charge in [0.25, 0.3) is 0 Å². The van der Waals surface area contributed by atoms with E-state index in [1.807, 2.05) is 26.0 Å². The highest BCUT2D eigenvalue weighted by Crippen LogP contribution is 2.41. The SMILES string of the molecule is COCCCOc1cc(C[C@@H](C[C@H](N)[C@@H](O)C[C@H](C(=O)NCCN2CCOCC2)C(C)C)C(C)C)cc2c1OCCO2. The van der Waals surface area contributed by atoms with Crippen LogP contribution < -0.4 is 25.3 Å². The number of nitrogens with zero attached hydrogens (tertiary/aromatic N) is 1. The van der Waals surface area contributed by atoms with Crippen molar-refractivity contribution in [3.8, 4) is 17.2 Å². The number of nitrogens with one attached hydrogen (secondary N) is 1. The number of carbonyl (C=O) groups is 1. The Morgan fingerprint density at radius 3 is 2.48 bits per heavy atom. The molecule has 4 atom stereocenters. The second-order valence-electron chi connectivity index (χ2n) is 12.3. The molecule has 0 spiro atoms. The van der Waals surface area contributed by atoms with Gasteiger partial charge in [-0.05, 0) is 54.7 Å². The zero-order valence-electron chi connectivity index (χ0n) is 26.4. The number of carbonyl (C=O) groups excluding carboxylic acids is 1. The summed E-state index contributed by atoms with van der Waals surface area (Å²) in [4.78, 5) is 15.4. The standard InChI is InChI=1S/C32H55N3O7/c1-22(2)25(17-24-18-29(40-12-6-11-38-5)31-30(19-24)41-15-16-42-31)20-27(33)28(36)21-26(23(3)4)32(37)34-7-8-35-9-13-39-14-10-35/h18-19,22-23,25-28,36H,6-17,20-21,33H2,1-5H3,(H,34,37)/t25-,26-,27-,28-/m0/s1. The van der Waals surface area contributed by atoms with Crippen LogP contribution in [0.2, 0.25) is 0 Å². The Labute approximate surface area is 252 Å². The van der Waals surface area contributed by atoms with Crippen LogP contribution in [0.3, 0.4) is 0 Å². The number of amides is 1. The minimum atomic E-state index is -0.774. The molecule has 1 saturated heterocycles. The predicted octanol–water partition coefficient (Wildman–Crippen LogP) is 2.88. The van der Waals surface area contributed by atoms with Crippen molar-refractivity contribution in [3.05, 3.63) is 17.7 Å². The largest absolute Gasteiger partial charge is 0.489 e. The molecule has 240 valence electrons. The number of ether oxygens (including phenoxy) is 5. The molecule has 10 heteroatoms. The van der Waals surface area contributed by atoms with Crippen molar-refractivity contribution >= 4 is 5.91 Å². The van der Waals surface area contributed by atoms with Crippen LogP contribution >= 0.6 is 0 Å². The minimum absolute atomic E-state index is 0.0146. The number of aliphatic hydroxyl groups is 1. The molecule has 10 nitrogen and oxygen atoms in total. The van der Waals surface area contributed by atoms with Gasteiger partial charge in [-0.15, -0.1) is 0 Å². The molecule has 0 saturated carbocycles. The first-order valence-electron chi connectivity index (χ1n) is 15.7. The van der Waals surface area contributed by atoms with Crippen molar-refractivity contribution in [3.63, 3.8) is 0 Å². The number of hydrogen-bond acceptors (Lipinski definition) is 9. The van der Waals surface area contributed by atoms with Gasteiger partial charge in [-0.1, -0.05) is 27.7 Å². The van der Waals surface area contributed by atoms with Crippen molar-refractivity contribution in [1.82, 2.24) is 10.2 Å². The van der Waals surface area contributed by atoms with E-state index >= 15 is 0 Å². The Morgan fingerprint density at radius 2 is 1.79 bits per heavy atom. The maximum Gasteiger partial charge on any atom is 0.223 e. The third kappa shape index (κ3) is 10.9. The second-order valence-corrected chi connectivity index (χ2v) is 12.3. The van der Waals surface area contributed by atoms with Crippen molar-refractivity contribution in [2.45, 2.75) is 65.5 Å². The van der Waals surface area contributed by atoms with Gasteiger partial charge in [0.2, 0.25) is 11.7 Å².